The van der Waals surface area contributed by atoms with Gasteiger partial charge in [0.2, 0.25) is 0 Å². The summed E-state index contributed by atoms with van der Waals surface area (Å²) < 4.78 is 77.4. The van der Waals surface area contributed by atoms with Gasteiger partial charge < -0.3 is 0 Å². The van der Waals surface area contributed by atoms with Crippen molar-refractivity contribution in [1.29, 1.82) is 0 Å². The Morgan fingerprint density at radius 3 is 3.27 bits per heavy atom. The van der Waals surface area contributed by atoms with Crippen LogP contribution in [-0.4, -0.2) is 17.8 Å². The van der Waals surface area contributed by atoms with Crippen LogP contribution in [0, 0.1) is 5.89 Å². The first-order valence-electron chi connectivity index (χ1n) is 8.16. The maximum atomic E-state index is 12.1. The summed E-state index contributed by atoms with van der Waals surface area (Å²) in [5.41, 5.74) is 0. The van der Waals surface area contributed by atoms with Gasteiger partial charge in [0.1, 0.15) is 5.78 Å². The van der Waals surface area contributed by atoms with E-state index in [9.17, 15) is 4.79 Å². The first-order valence-corrected chi connectivity index (χ1v) is 4.48. The van der Waals surface area contributed by atoms with Crippen molar-refractivity contribution in [3.63, 3.8) is 0 Å². The molecule has 0 aromatic heterocycles. The molecule has 11 heavy (non-hydrogen) atoms. The minimum atomic E-state index is -3.43. The maximum absolute atomic E-state index is 12.1. The molecule has 64 valence electrons. The number of hydrogen-bond donors (Lipinski definition) is 0. The van der Waals surface area contributed by atoms with Crippen molar-refractivity contribution < 1.29 is 18.5 Å². The molecule has 2 unspecified atom stereocenters. The second-order valence-corrected chi connectivity index (χ2v) is 2.78. The highest BCUT2D eigenvalue weighted by Crippen LogP contribution is 2.24. The Hall–Kier alpha value is 0.0200. The van der Waals surface area contributed by atoms with E-state index in [0.717, 1.165) is 11.8 Å². The zero-order valence-corrected chi connectivity index (χ0v) is 6.92. The fraction of sp³-hybridized carbons (Fsp3) is 0.889. The lowest BCUT2D eigenvalue weighted by Crippen LogP contribution is -2.19. The fourth-order valence-corrected chi connectivity index (χ4v) is 1.04. The lowest BCUT2D eigenvalue weighted by atomic mass is 9.87. The van der Waals surface area contributed by atoms with Gasteiger partial charge in [0.25, 0.3) is 0 Å². The Morgan fingerprint density at radius 1 is 1.73 bits per heavy atom. The molecule has 2 heteroatoms. The maximum Gasteiger partial charge on any atom is 0.145 e. The fourth-order valence-electron chi connectivity index (χ4n) is 0.632. The summed E-state index contributed by atoms with van der Waals surface area (Å²) in [6, 6.07) is 0. The Bertz CT molecular complexity index is 450. The number of thioether (sulfide) groups is 1. The van der Waals surface area contributed by atoms with E-state index in [1.807, 2.05) is 0 Å². The van der Waals surface area contributed by atoms with Crippen LogP contribution in [-0.2, 0) is 4.79 Å². The molecule has 0 spiro atoms. The molecule has 0 N–H and O–H groups in total. The molecular formula is C9H16OS. The first kappa shape index (κ1) is 2.50. The minimum absolute atomic E-state index is 0.422. The number of hydrogen-bond acceptors (Lipinski definition) is 2. The van der Waals surface area contributed by atoms with E-state index in [1.165, 1.54) is 6.26 Å². The van der Waals surface area contributed by atoms with Gasteiger partial charge in [-0.05, 0) is 19.0 Å². The smallest absolute Gasteiger partial charge is 0.145 e. The quantitative estimate of drug-likeness (QED) is 0.667. The molecule has 0 amide bonds. The summed E-state index contributed by atoms with van der Waals surface area (Å²) in [4.78, 5) is 12.1. The molecule has 1 saturated carbocycles. The predicted molar refractivity (Wildman–Crippen MR) is 50.0 cm³/mol. The SMILES string of the molecule is [2H]C1C([2H])([2H])C([2H])([2H])C([2H])([2H])C([2H])(C(=O)CSC)C1([2H])[2H]. The van der Waals surface area contributed by atoms with Crippen LogP contribution < -0.4 is 0 Å². The van der Waals surface area contributed by atoms with Crippen LogP contribution >= 0.6 is 11.8 Å². The average Bonchev–Trinajstić information content (AvgIpc) is 2.34. The van der Waals surface area contributed by atoms with Crippen molar-refractivity contribution in [3.05, 3.63) is 0 Å². The highest BCUT2D eigenvalue weighted by molar-refractivity contribution is 7.99. The number of carbonyl (C=O) groups excluding carboxylic acids is 1. The van der Waals surface area contributed by atoms with E-state index >= 15 is 0 Å². The lowest BCUT2D eigenvalue weighted by Gasteiger charge is -2.19. The number of Topliss-reactive ketones (excluding diaryl/α,β-unsaturated/α-hetero) is 1. The zero-order valence-electron chi connectivity index (χ0n) is 16.1. The van der Waals surface area contributed by atoms with E-state index in [1.54, 1.807) is 0 Å². The molecular weight excluding hydrogens is 156 g/mol. The third kappa shape index (κ3) is 2.86. The van der Waals surface area contributed by atoms with Crippen molar-refractivity contribution in [2.75, 3.05) is 12.0 Å². The number of rotatable bonds is 3. The van der Waals surface area contributed by atoms with Gasteiger partial charge in [-0.25, -0.2) is 0 Å². The van der Waals surface area contributed by atoms with Crippen molar-refractivity contribution in [2.45, 2.75) is 31.9 Å². The molecule has 0 heterocycles. The molecule has 1 fully saturated rings. The van der Waals surface area contributed by atoms with Crippen LogP contribution in [0.2, 0.25) is 0 Å². The molecule has 0 bridgehead atoms. The van der Waals surface area contributed by atoms with E-state index < -0.39 is 49.3 Å². The largest absolute Gasteiger partial charge is 0.298 e. The number of carbonyl (C=O) groups is 1. The van der Waals surface area contributed by atoms with Crippen LogP contribution in [0.5, 0.6) is 0 Å². The summed E-state index contributed by atoms with van der Waals surface area (Å²) >= 11 is 0.924. The highest BCUT2D eigenvalue weighted by Gasteiger charge is 2.19. The van der Waals surface area contributed by atoms with Crippen molar-refractivity contribution >= 4 is 17.5 Å². The Kier molecular flexibility index (Phi) is 1.09. The van der Waals surface area contributed by atoms with Gasteiger partial charge in [-0.3, -0.25) is 4.79 Å². The van der Waals surface area contributed by atoms with Crippen LogP contribution in [0.3, 0.4) is 0 Å². The summed E-state index contributed by atoms with van der Waals surface area (Å²) in [6.07, 6.45) is -14.1. The second kappa shape index (κ2) is 4.81. The van der Waals surface area contributed by atoms with Crippen LogP contribution in [0.1, 0.15) is 45.6 Å². The molecule has 0 aliphatic heterocycles. The molecule has 0 radical (unpaired) electrons. The van der Waals surface area contributed by atoms with E-state index in [2.05, 4.69) is 0 Å². The summed E-state index contributed by atoms with van der Waals surface area (Å²) in [5.74, 6) is -4.82. The minimum Gasteiger partial charge on any atom is -0.298 e. The third-order valence-corrected chi connectivity index (χ3v) is 1.65. The standard InChI is InChI=1S/C9H16OS/c1-11-7-9(10)8-5-3-2-4-6-8/h8H,2-7H2,1H3/i2D2,3D,4D2,5D2,6D2,8D. The average molecular weight is 182 g/mol. The van der Waals surface area contributed by atoms with Gasteiger partial charge in [-0.2, -0.15) is 11.8 Å². The zero-order chi connectivity index (χ0) is 17.1. The van der Waals surface area contributed by atoms with Crippen molar-refractivity contribution in [3.8, 4) is 0 Å². The monoisotopic (exact) mass is 182 g/mol. The highest BCUT2D eigenvalue weighted by atomic mass is 32.2. The van der Waals surface area contributed by atoms with Crippen LogP contribution in [0.4, 0.5) is 0 Å². The normalized spacial score (nSPS) is 70.1. The second-order valence-electron chi connectivity index (χ2n) is 1.91. The van der Waals surface area contributed by atoms with Gasteiger partial charge in [0.05, 0.1) is 5.75 Å². The Morgan fingerprint density at radius 2 is 2.55 bits per heavy atom. The van der Waals surface area contributed by atoms with Gasteiger partial charge in [-0.1, -0.05) is 19.1 Å². The molecule has 0 aromatic rings. The topological polar surface area (TPSA) is 17.1 Å². The van der Waals surface area contributed by atoms with E-state index in [-0.39, 0.29) is 0 Å². The molecule has 0 aromatic carbocycles. The molecule has 1 aliphatic carbocycles. The molecule has 2 atom stereocenters. The van der Waals surface area contributed by atoms with Gasteiger partial charge in [-0.15, -0.1) is 0 Å². The summed E-state index contributed by atoms with van der Waals surface area (Å²) in [6.45, 7) is 0. The molecule has 1 nitrogen and oxygen atoms in total. The van der Waals surface area contributed by atoms with Crippen LogP contribution in [0.15, 0.2) is 0 Å². The Balaban J connectivity index is 3.67. The predicted octanol–water partition coefficient (Wildman–Crippen LogP) is 2.50. The van der Waals surface area contributed by atoms with Gasteiger partial charge >= 0.3 is 0 Å². The van der Waals surface area contributed by atoms with Crippen molar-refractivity contribution in [1.82, 2.24) is 0 Å². The molecule has 1 rings (SSSR count). The molecule has 1 aliphatic rings. The first-order chi connectivity index (χ1) is 9.14. The number of ketones is 1. The van der Waals surface area contributed by atoms with Gasteiger partial charge in [0.15, 0.2) is 0 Å². The van der Waals surface area contributed by atoms with Crippen LogP contribution in [0.25, 0.3) is 0 Å². The summed E-state index contributed by atoms with van der Waals surface area (Å²) in [5, 5.41) is 0. The Labute approximate surface area is 87.0 Å². The molecule has 0 saturated heterocycles. The lowest BCUT2D eigenvalue weighted by molar-refractivity contribution is -0.121. The van der Waals surface area contributed by atoms with Crippen molar-refractivity contribution in [2.24, 2.45) is 5.89 Å². The third-order valence-electron chi connectivity index (χ3n) is 1.10. The van der Waals surface area contributed by atoms with E-state index in [4.69, 9.17) is 13.7 Å². The van der Waals surface area contributed by atoms with E-state index in [0.29, 0.717) is 0 Å². The van der Waals surface area contributed by atoms with Gasteiger partial charge in [0, 0.05) is 19.6 Å². The summed E-state index contributed by atoms with van der Waals surface area (Å²) in [7, 11) is 0.